The Balaban J connectivity index is 1.02. The number of anilines is 1. The lowest BCUT2D eigenvalue weighted by molar-refractivity contribution is -0.149. The number of amides is 2. The highest BCUT2D eigenvalue weighted by atomic mass is 35.5. The molecule has 1 saturated carbocycles. The molecule has 3 aromatic rings. The van der Waals surface area contributed by atoms with Gasteiger partial charge in [0.15, 0.2) is 5.76 Å². The largest absolute Gasteiger partial charge is 0.482 e. The van der Waals surface area contributed by atoms with Gasteiger partial charge in [0, 0.05) is 67.1 Å². The summed E-state index contributed by atoms with van der Waals surface area (Å²) in [4.78, 5) is 33.1. The summed E-state index contributed by atoms with van der Waals surface area (Å²) in [6.07, 6.45) is 5.86. The van der Waals surface area contributed by atoms with Gasteiger partial charge in [0.05, 0.1) is 6.04 Å². The molecule has 0 radical (unpaired) electrons. The first-order chi connectivity index (χ1) is 21.4. The Morgan fingerprint density at radius 2 is 1.66 bits per heavy atom. The van der Waals surface area contributed by atoms with Crippen molar-refractivity contribution >= 4 is 46.8 Å². The number of hydrogen-bond donors (Lipinski definition) is 1. The maximum absolute atomic E-state index is 13.6. The Labute approximate surface area is 269 Å². The van der Waals surface area contributed by atoms with Crippen molar-refractivity contribution in [3.05, 3.63) is 105 Å². The van der Waals surface area contributed by atoms with Crippen molar-refractivity contribution in [3.63, 3.8) is 0 Å². The van der Waals surface area contributed by atoms with Gasteiger partial charge in [-0.05, 0) is 78.9 Å². The zero-order valence-electron chi connectivity index (χ0n) is 24.8. The number of benzene rings is 3. The molecule has 2 aliphatic heterocycles. The van der Waals surface area contributed by atoms with Crippen LogP contribution in [0, 0.1) is 0 Å². The Kier molecular flexibility index (Phi) is 9.75. The molecule has 1 aliphatic carbocycles. The van der Waals surface area contributed by atoms with Crippen LogP contribution in [0.5, 0.6) is 0 Å². The van der Waals surface area contributed by atoms with Crippen LogP contribution < -0.4 is 10.2 Å². The topological polar surface area (TPSA) is 65.1 Å². The zero-order valence-corrected chi connectivity index (χ0v) is 26.3. The maximum Gasteiger partial charge on any atom is 0.289 e. The molecule has 230 valence electrons. The third-order valence-corrected chi connectivity index (χ3v) is 9.30. The van der Waals surface area contributed by atoms with Crippen LogP contribution in [-0.2, 0) is 16.1 Å². The van der Waals surface area contributed by atoms with E-state index >= 15 is 0 Å². The van der Waals surface area contributed by atoms with Gasteiger partial charge >= 0.3 is 0 Å². The number of halogens is 2. The van der Waals surface area contributed by atoms with E-state index in [9.17, 15) is 9.59 Å². The molecule has 3 fully saturated rings. The second-order valence-corrected chi connectivity index (χ2v) is 12.6. The van der Waals surface area contributed by atoms with Crippen LogP contribution in [0.1, 0.15) is 47.2 Å². The molecular formula is C35H38Cl2N4O3. The van der Waals surface area contributed by atoms with Crippen LogP contribution in [0.25, 0.3) is 6.08 Å². The fourth-order valence-electron chi connectivity index (χ4n) is 6.36. The first-order valence-electron chi connectivity index (χ1n) is 15.5. The summed E-state index contributed by atoms with van der Waals surface area (Å²) in [6, 6.07) is 23.0. The molecule has 0 aromatic heterocycles. The highest BCUT2D eigenvalue weighted by molar-refractivity contribution is 6.31. The van der Waals surface area contributed by atoms with Crippen LogP contribution in [0.2, 0.25) is 10.0 Å². The molecule has 9 heteroatoms. The van der Waals surface area contributed by atoms with Crippen LogP contribution in [0.4, 0.5) is 5.69 Å². The van der Waals surface area contributed by atoms with Gasteiger partial charge in [-0.1, -0.05) is 60.0 Å². The molecule has 3 aromatic carbocycles. The Bertz CT molecular complexity index is 1490. The smallest absolute Gasteiger partial charge is 0.289 e. The van der Waals surface area contributed by atoms with Gasteiger partial charge < -0.3 is 19.9 Å². The molecule has 2 amide bonds. The molecule has 2 unspecified atom stereocenters. The third kappa shape index (κ3) is 7.40. The second kappa shape index (κ2) is 14.1. The van der Waals surface area contributed by atoms with Gasteiger partial charge in [-0.25, -0.2) is 0 Å². The first kappa shape index (κ1) is 30.5. The molecule has 2 atom stereocenters. The molecule has 6 rings (SSSR count). The number of piperazine rings is 1. The highest BCUT2D eigenvalue weighted by Gasteiger charge is 2.41. The lowest BCUT2D eigenvalue weighted by atomic mass is 9.89. The van der Waals surface area contributed by atoms with E-state index in [0.29, 0.717) is 29.4 Å². The van der Waals surface area contributed by atoms with Crippen molar-refractivity contribution in [1.29, 1.82) is 0 Å². The standard InChI is InChI=1S/C35H38Cl2N4O3/c36-28-14-10-26(11-15-28)24-41-31-6-1-2-7-32(31)44-33(35(41)43)22-25-8-12-27(13-9-25)34(42)38-16-17-39-18-20-40(21-19-39)30-5-3-4-29(37)23-30/h3-5,8-15,22-23,31-32H,1-2,6-7,16-21,24H2,(H,38,42)/b33-22-. The predicted molar refractivity (Wildman–Crippen MR) is 176 cm³/mol. The summed E-state index contributed by atoms with van der Waals surface area (Å²) in [5.74, 6) is 0.152. The predicted octanol–water partition coefficient (Wildman–Crippen LogP) is 6.26. The Hall–Kier alpha value is -3.52. The van der Waals surface area contributed by atoms with Gasteiger partial charge in [0.2, 0.25) is 0 Å². The molecule has 0 spiro atoms. The van der Waals surface area contributed by atoms with Crippen molar-refractivity contribution in [1.82, 2.24) is 15.1 Å². The van der Waals surface area contributed by atoms with E-state index < -0.39 is 0 Å². The number of carbonyl (C=O) groups is 2. The third-order valence-electron chi connectivity index (χ3n) is 8.81. The highest BCUT2D eigenvalue weighted by Crippen LogP contribution is 2.34. The van der Waals surface area contributed by atoms with Crippen LogP contribution in [0.15, 0.2) is 78.6 Å². The first-order valence-corrected chi connectivity index (χ1v) is 16.2. The van der Waals surface area contributed by atoms with Crippen molar-refractivity contribution in [3.8, 4) is 0 Å². The quantitative estimate of drug-likeness (QED) is 0.297. The van der Waals surface area contributed by atoms with E-state index in [0.717, 1.165) is 80.2 Å². The Morgan fingerprint density at radius 3 is 2.41 bits per heavy atom. The summed E-state index contributed by atoms with van der Waals surface area (Å²) >= 11 is 12.2. The lowest BCUT2D eigenvalue weighted by Gasteiger charge is -2.44. The molecule has 0 bridgehead atoms. The minimum absolute atomic E-state index is 0.00939. The van der Waals surface area contributed by atoms with Gasteiger partial charge in [0.25, 0.3) is 11.8 Å². The van der Waals surface area contributed by atoms with E-state index in [4.69, 9.17) is 27.9 Å². The Morgan fingerprint density at radius 1 is 0.909 bits per heavy atom. The van der Waals surface area contributed by atoms with Crippen molar-refractivity contribution in [2.75, 3.05) is 44.2 Å². The summed E-state index contributed by atoms with van der Waals surface area (Å²) in [6.45, 7) is 5.63. The number of nitrogens with zero attached hydrogens (tertiary/aromatic N) is 3. The van der Waals surface area contributed by atoms with Crippen molar-refractivity contribution < 1.29 is 14.3 Å². The fourth-order valence-corrected chi connectivity index (χ4v) is 6.67. The van der Waals surface area contributed by atoms with Crippen LogP contribution in [0.3, 0.4) is 0 Å². The summed E-state index contributed by atoms with van der Waals surface area (Å²) < 4.78 is 6.27. The van der Waals surface area contributed by atoms with Crippen LogP contribution >= 0.6 is 23.2 Å². The number of carbonyl (C=O) groups excluding carboxylic acids is 2. The van der Waals surface area contributed by atoms with E-state index in [-0.39, 0.29) is 24.0 Å². The lowest BCUT2D eigenvalue weighted by Crippen LogP contribution is -2.54. The average molecular weight is 634 g/mol. The van der Waals surface area contributed by atoms with Crippen molar-refractivity contribution in [2.24, 2.45) is 0 Å². The van der Waals surface area contributed by atoms with E-state index in [1.807, 2.05) is 59.5 Å². The number of nitrogens with one attached hydrogen (secondary N) is 1. The fraction of sp³-hybridized carbons (Fsp3) is 0.371. The van der Waals surface area contributed by atoms with Gasteiger partial charge in [-0.3, -0.25) is 14.5 Å². The number of rotatable bonds is 8. The molecular weight excluding hydrogens is 595 g/mol. The molecule has 1 N–H and O–H groups in total. The number of morpholine rings is 1. The molecule has 7 nitrogen and oxygen atoms in total. The van der Waals surface area contributed by atoms with E-state index in [2.05, 4.69) is 21.2 Å². The molecule has 2 saturated heterocycles. The molecule has 3 aliphatic rings. The minimum atomic E-state index is -0.106. The van der Waals surface area contributed by atoms with Gasteiger partial charge in [-0.15, -0.1) is 0 Å². The summed E-state index contributed by atoms with van der Waals surface area (Å²) in [5.41, 5.74) is 3.61. The van der Waals surface area contributed by atoms with Crippen molar-refractivity contribution in [2.45, 2.75) is 44.4 Å². The molecule has 2 heterocycles. The maximum atomic E-state index is 13.6. The van der Waals surface area contributed by atoms with E-state index in [1.165, 1.54) is 0 Å². The van der Waals surface area contributed by atoms with E-state index in [1.54, 1.807) is 18.2 Å². The molecule has 44 heavy (non-hydrogen) atoms. The average Bonchev–Trinajstić information content (AvgIpc) is 3.04. The SMILES string of the molecule is O=C(NCCN1CCN(c2cccc(Cl)c2)CC1)c1ccc(/C=C2\OC3CCCCC3N(Cc3ccc(Cl)cc3)C2=O)cc1. The summed E-state index contributed by atoms with van der Waals surface area (Å²) in [5, 5.41) is 4.48. The monoisotopic (exact) mass is 632 g/mol. The normalized spacial score (nSPS) is 21.6. The number of ether oxygens (including phenoxy) is 1. The van der Waals surface area contributed by atoms with Gasteiger partial charge in [0.1, 0.15) is 6.10 Å². The summed E-state index contributed by atoms with van der Waals surface area (Å²) in [7, 11) is 0. The number of fused-ring (bicyclic) bond motifs is 1. The second-order valence-electron chi connectivity index (χ2n) is 11.8. The zero-order chi connectivity index (χ0) is 30.5. The minimum Gasteiger partial charge on any atom is -0.482 e. The number of hydrogen-bond acceptors (Lipinski definition) is 5. The van der Waals surface area contributed by atoms with Crippen LogP contribution in [-0.4, -0.2) is 73.0 Å². The van der Waals surface area contributed by atoms with Gasteiger partial charge in [-0.2, -0.15) is 0 Å².